The van der Waals surface area contributed by atoms with Gasteiger partial charge in [0, 0.05) is 22.5 Å². The molecule has 220 valence electrons. The van der Waals surface area contributed by atoms with E-state index in [4.69, 9.17) is 4.98 Å². The highest BCUT2D eigenvalue weighted by atomic mass is 14.7. The third kappa shape index (κ3) is 4.65. The zero-order valence-corrected chi connectivity index (χ0v) is 26.0. The fourth-order valence-electron chi connectivity index (χ4n) is 7.07. The lowest BCUT2D eigenvalue weighted by Gasteiger charge is -2.18. The van der Waals surface area contributed by atoms with Gasteiger partial charge in [-0.25, -0.2) is 4.98 Å². The van der Waals surface area contributed by atoms with Crippen molar-refractivity contribution in [3.05, 3.63) is 169 Å². The Kier molecular flexibility index (Phi) is 6.39. The van der Waals surface area contributed by atoms with Crippen LogP contribution >= 0.6 is 0 Å². The van der Waals surface area contributed by atoms with Crippen molar-refractivity contribution in [2.75, 3.05) is 0 Å². The molecule has 0 aliphatic carbocycles. The molecule has 0 radical (unpaired) electrons. The number of hydrogen-bond acceptors (Lipinski definition) is 2. The average molecular weight is 599 g/mol. The summed E-state index contributed by atoms with van der Waals surface area (Å²) in [6, 6.07) is 56.7. The van der Waals surface area contributed by atoms with Gasteiger partial charge in [0.1, 0.15) is 0 Å². The molecule has 2 heteroatoms. The van der Waals surface area contributed by atoms with Crippen LogP contribution in [0.5, 0.6) is 0 Å². The Bertz CT molecular complexity index is 2620. The molecule has 0 saturated carbocycles. The number of rotatable bonds is 4. The maximum Gasteiger partial charge on any atom is 0.0972 e. The number of nitrogens with zero attached hydrogens (tertiary/aromatic N) is 2. The second-order valence-electron chi connectivity index (χ2n) is 12.2. The van der Waals surface area contributed by atoms with Crippen molar-refractivity contribution in [3.63, 3.8) is 0 Å². The van der Waals surface area contributed by atoms with Crippen molar-refractivity contribution in [1.82, 2.24) is 9.97 Å². The van der Waals surface area contributed by atoms with Gasteiger partial charge in [-0.3, -0.25) is 4.98 Å². The van der Waals surface area contributed by atoms with Gasteiger partial charge in [0.25, 0.3) is 0 Å². The van der Waals surface area contributed by atoms with Crippen LogP contribution in [0.15, 0.2) is 164 Å². The van der Waals surface area contributed by atoms with E-state index in [0.29, 0.717) is 0 Å². The summed E-state index contributed by atoms with van der Waals surface area (Å²) in [6.45, 7) is 2.26. The van der Waals surface area contributed by atoms with Gasteiger partial charge in [0.2, 0.25) is 0 Å². The van der Waals surface area contributed by atoms with Gasteiger partial charge in [-0.15, -0.1) is 0 Å². The second-order valence-corrected chi connectivity index (χ2v) is 12.2. The van der Waals surface area contributed by atoms with Gasteiger partial charge in [0.15, 0.2) is 0 Å². The Morgan fingerprint density at radius 3 is 1.96 bits per heavy atom. The Balaban J connectivity index is 1.13. The number of hydrogen-bond donors (Lipinski definition) is 0. The number of aryl methyl sites for hydroxylation is 1. The summed E-state index contributed by atoms with van der Waals surface area (Å²) in [7, 11) is 0. The van der Waals surface area contributed by atoms with Crippen LogP contribution in [0.2, 0.25) is 0 Å². The molecular formula is C45H30N2. The van der Waals surface area contributed by atoms with E-state index in [-0.39, 0.29) is 0 Å². The van der Waals surface area contributed by atoms with Crippen molar-refractivity contribution >= 4 is 43.4 Å². The van der Waals surface area contributed by atoms with E-state index in [1.54, 1.807) is 0 Å². The Morgan fingerprint density at radius 1 is 0.404 bits per heavy atom. The molecule has 0 amide bonds. The van der Waals surface area contributed by atoms with Gasteiger partial charge in [-0.1, -0.05) is 133 Å². The van der Waals surface area contributed by atoms with Crippen molar-refractivity contribution in [2.45, 2.75) is 6.92 Å². The quantitative estimate of drug-likeness (QED) is 0.188. The van der Waals surface area contributed by atoms with Crippen molar-refractivity contribution < 1.29 is 0 Å². The molecular weight excluding hydrogens is 569 g/mol. The molecule has 0 saturated heterocycles. The SMILES string of the molecule is Cc1c(-c2cccc(-c3ccc(-c4ccc5ccc6cccnc6c5n4)cc3)c2)cc(-c2ccccc2)c2c1ccc1ccccc12. The minimum absolute atomic E-state index is 0.936. The predicted octanol–water partition coefficient (Wildman–Crippen LogP) is 12.1. The Labute approximate surface area is 273 Å². The highest BCUT2D eigenvalue weighted by Gasteiger charge is 2.15. The van der Waals surface area contributed by atoms with Gasteiger partial charge in [0.05, 0.1) is 16.7 Å². The fraction of sp³-hybridized carbons (Fsp3) is 0.0222. The molecule has 2 aromatic heterocycles. The minimum Gasteiger partial charge on any atom is -0.254 e. The Morgan fingerprint density at radius 2 is 1.09 bits per heavy atom. The van der Waals surface area contributed by atoms with Crippen LogP contribution in [-0.4, -0.2) is 9.97 Å². The highest BCUT2D eigenvalue weighted by molar-refractivity contribution is 6.16. The molecule has 0 fully saturated rings. The largest absolute Gasteiger partial charge is 0.254 e. The molecule has 0 aliphatic rings. The molecule has 47 heavy (non-hydrogen) atoms. The molecule has 0 atom stereocenters. The molecule has 0 N–H and O–H groups in total. The Hall–Kier alpha value is -6.12. The zero-order chi connectivity index (χ0) is 31.3. The van der Waals surface area contributed by atoms with E-state index in [2.05, 4.69) is 164 Å². The molecule has 0 bridgehead atoms. The molecule has 0 spiro atoms. The third-order valence-electron chi connectivity index (χ3n) is 9.50. The topological polar surface area (TPSA) is 25.8 Å². The molecule has 9 aromatic rings. The third-order valence-corrected chi connectivity index (χ3v) is 9.50. The minimum atomic E-state index is 0.936. The maximum absolute atomic E-state index is 5.05. The number of aromatic nitrogens is 2. The second kappa shape index (κ2) is 11.0. The molecule has 9 rings (SSSR count). The molecule has 0 aliphatic heterocycles. The number of fused-ring (bicyclic) bond motifs is 6. The molecule has 2 nitrogen and oxygen atoms in total. The molecule has 0 unspecified atom stereocenters. The summed E-state index contributed by atoms with van der Waals surface area (Å²) < 4.78 is 0. The van der Waals surface area contributed by atoms with Crippen LogP contribution in [0, 0.1) is 6.92 Å². The standard InChI is InChI=1S/C45H30N2/c1-29-38-24-22-32-11-5-6-15-39(32)43(38)41(31-9-3-2-4-10-31)28-40(29)37-13-7-12-36(27-37)30-16-18-33(19-17-30)42-25-23-35-21-20-34-14-8-26-46-44(34)45(35)47-42/h2-28H,1H3. The summed E-state index contributed by atoms with van der Waals surface area (Å²) in [5.41, 5.74) is 12.5. The van der Waals surface area contributed by atoms with Crippen molar-refractivity contribution in [2.24, 2.45) is 0 Å². The summed E-state index contributed by atoms with van der Waals surface area (Å²) >= 11 is 0. The van der Waals surface area contributed by atoms with E-state index < -0.39 is 0 Å². The first-order chi connectivity index (χ1) is 23.2. The smallest absolute Gasteiger partial charge is 0.0972 e. The van der Waals surface area contributed by atoms with E-state index in [9.17, 15) is 0 Å². The van der Waals surface area contributed by atoms with Crippen LogP contribution in [0.4, 0.5) is 0 Å². The van der Waals surface area contributed by atoms with E-state index in [0.717, 1.165) is 33.1 Å². The number of benzene rings is 7. The zero-order valence-electron chi connectivity index (χ0n) is 26.0. The maximum atomic E-state index is 5.05. The van der Waals surface area contributed by atoms with Gasteiger partial charge >= 0.3 is 0 Å². The first kappa shape index (κ1) is 27.2. The van der Waals surface area contributed by atoms with Gasteiger partial charge in [-0.2, -0.15) is 0 Å². The fourth-order valence-corrected chi connectivity index (χ4v) is 7.07. The summed E-state index contributed by atoms with van der Waals surface area (Å²) in [5, 5.41) is 7.36. The van der Waals surface area contributed by atoms with Crippen LogP contribution in [0.3, 0.4) is 0 Å². The van der Waals surface area contributed by atoms with Crippen molar-refractivity contribution in [1.29, 1.82) is 0 Å². The normalized spacial score (nSPS) is 11.5. The summed E-state index contributed by atoms with van der Waals surface area (Å²) in [6.07, 6.45) is 1.84. The van der Waals surface area contributed by atoms with Crippen molar-refractivity contribution in [3.8, 4) is 44.6 Å². The van der Waals surface area contributed by atoms with E-state index in [1.165, 1.54) is 60.5 Å². The predicted molar refractivity (Wildman–Crippen MR) is 199 cm³/mol. The van der Waals surface area contributed by atoms with Crippen LogP contribution < -0.4 is 0 Å². The van der Waals surface area contributed by atoms with Crippen LogP contribution in [0.25, 0.3) is 88.0 Å². The lowest BCUT2D eigenvalue weighted by atomic mass is 9.86. The summed E-state index contributed by atoms with van der Waals surface area (Å²) in [5.74, 6) is 0. The molecule has 7 aromatic carbocycles. The lowest BCUT2D eigenvalue weighted by molar-refractivity contribution is 1.37. The lowest BCUT2D eigenvalue weighted by Crippen LogP contribution is -1.92. The first-order valence-electron chi connectivity index (χ1n) is 16.1. The monoisotopic (exact) mass is 598 g/mol. The number of pyridine rings is 2. The highest BCUT2D eigenvalue weighted by Crippen LogP contribution is 2.41. The first-order valence-corrected chi connectivity index (χ1v) is 16.1. The van der Waals surface area contributed by atoms with E-state index in [1.807, 2.05) is 12.3 Å². The van der Waals surface area contributed by atoms with Gasteiger partial charge in [-0.05, 0) is 91.7 Å². The summed E-state index contributed by atoms with van der Waals surface area (Å²) in [4.78, 5) is 9.68. The molecule has 2 heterocycles. The van der Waals surface area contributed by atoms with Crippen LogP contribution in [-0.2, 0) is 0 Å². The van der Waals surface area contributed by atoms with Crippen LogP contribution in [0.1, 0.15) is 5.56 Å². The van der Waals surface area contributed by atoms with E-state index >= 15 is 0 Å². The van der Waals surface area contributed by atoms with Gasteiger partial charge < -0.3 is 0 Å². The average Bonchev–Trinajstić information content (AvgIpc) is 3.15.